The second-order valence-corrected chi connectivity index (χ2v) is 11.7. The predicted molar refractivity (Wildman–Crippen MR) is 97.4 cm³/mol. The molecule has 0 spiro atoms. The van der Waals surface area contributed by atoms with Crippen LogP contribution in [0.4, 0.5) is 5.95 Å². The first-order valence-electron chi connectivity index (χ1n) is 8.65. The highest BCUT2D eigenvalue weighted by Gasteiger charge is 2.58. The van der Waals surface area contributed by atoms with Crippen molar-refractivity contribution >= 4 is 25.4 Å². The fourth-order valence-electron chi connectivity index (χ4n) is 4.51. The molecule has 1 aliphatic carbocycles. The van der Waals surface area contributed by atoms with Crippen molar-refractivity contribution in [3.8, 4) is 0 Å². The molecular formula is C16H27N5O3Si. The summed E-state index contributed by atoms with van der Waals surface area (Å²) < 4.78 is 1.79. The second kappa shape index (κ2) is 6.01. The van der Waals surface area contributed by atoms with E-state index < -0.39 is 20.0 Å². The summed E-state index contributed by atoms with van der Waals surface area (Å²) >= 11 is 0. The van der Waals surface area contributed by atoms with Crippen LogP contribution in [0, 0.1) is 12.8 Å². The minimum absolute atomic E-state index is 0.0302. The molecule has 5 N–H and O–H groups in total. The Morgan fingerprint density at radius 3 is 2.64 bits per heavy atom. The van der Waals surface area contributed by atoms with Crippen LogP contribution in [0.15, 0.2) is 6.33 Å². The summed E-state index contributed by atoms with van der Waals surface area (Å²) in [5.41, 5.74) is 6.28. The zero-order chi connectivity index (χ0) is 18.6. The van der Waals surface area contributed by atoms with Gasteiger partial charge in [0.05, 0.1) is 24.7 Å². The van der Waals surface area contributed by atoms with Crippen LogP contribution in [0.25, 0.3) is 11.2 Å². The van der Waals surface area contributed by atoms with Crippen LogP contribution in [0.5, 0.6) is 0 Å². The van der Waals surface area contributed by atoms with Crippen molar-refractivity contribution < 1.29 is 15.0 Å². The van der Waals surface area contributed by atoms with Gasteiger partial charge in [-0.25, -0.2) is 9.97 Å². The van der Waals surface area contributed by atoms with Crippen LogP contribution in [0.2, 0.25) is 18.6 Å². The molecule has 0 amide bonds. The highest BCUT2D eigenvalue weighted by molar-refractivity contribution is 6.71. The van der Waals surface area contributed by atoms with Gasteiger partial charge in [0.2, 0.25) is 5.95 Å². The lowest BCUT2D eigenvalue weighted by Crippen LogP contribution is -2.46. The molecule has 2 heterocycles. The molecule has 9 heteroatoms. The average molecular weight is 366 g/mol. The summed E-state index contributed by atoms with van der Waals surface area (Å²) in [6.07, 6.45) is 2.87. The maximum Gasteiger partial charge on any atom is 0.222 e. The third-order valence-corrected chi connectivity index (χ3v) is 8.18. The number of aryl methyl sites for hydroxylation is 1. The number of anilines is 1. The van der Waals surface area contributed by atoms with Gasteiger partial charge in [0.1, 0.15) is 11.1 Å². The molecule has 25 heavy (non-hydrogen) atoms. The second-order valence-electron chi connectivity index (χ2n) is 7.67. The first-order chi connectivity index (χ1) is 11.6. The molecule has 0 aromatic carbocycles. The van der Waals surface area contributed by atoms with Crippen LogP contribution < -0.4 is 5.73 Å². The fourth-order valence-corrected chi connectivity index (χ4v) is 6.82. The zero-order valence-corrected chi connectivity index (χ0v) is 16.1. The lowest BCUT2D eigenvalue weighted by Gasteiger charge is -2.36. The third-order valence-electron chi connectivity index (χ3n) is 5.73. The van der Waals surface area contributed by atoms with Crippen LogP contribution in [0.1, 0.15) is 31.5 Å². The van der Waals surface area contributed by atoms with Gasteiger partial charge in [-0.15, -0.1) is 0 Å². The van der Waals surface area contributed by atoms with Gasteiger partial charge in [-0.3, -0.25) is 0 Å². The molecule has 1 saturated carbocycles. The number of nitrogens with two attached hydrogens (primary N) is 1. The van der Waals surface area contributed by atoms with Crippen LogP contribution in [-0.4, -0.2) is 55.1 Å². The SMILES string of the molecule is CC[C@@H]1[C@@H]([Si](C)(C)O)C[C@H](n2cnc3c(C)nc(N)nc32)[C@]1(O)CO. The zero-order valence-electron chi connectivity index (χ0n) is 15.1. The van der Waals surface area contributed by atoms with Crippen molar-refractivity contribution in [2.24, 2.45) is 5.92 Å². The number of nitrogens with zero attached hydrogens (tertiary/aromatic N) is 4. The van der Waals surface area contributed by atoms with Gasteiger partial charge in [-0.1, -0.05) is 13.3 Å². The number of aliphatic hydroxyl groups excluding tert-OH is 1. The molecule has 1 aliphatic rings. The quantitative estimate of drug-likeness (QED) is 0.594. The molecule has 0 aliphatic heterocycles. The van der Waals surface area contributed by atoms with E-state index in [0.717, 1.165) is 0 Å². The van der Waals surface area contributed by atoms with Gasteiger partial charge in [0.25, 0.3) is 0 Å². The molecule has 2 aromatic rings. The highest BCUT2D eigenvalue weighted by Crippen LogP contribution is 2.55. The van der Waals surface area contributed by atoms with Crippen molar-refractivity contribution in [2.45, 2.75) is 57.0 Å². The molecule has 1 fully saturated rings. The summed E-state index contributed by atoms with van der Waals surface area (Å²) in [5, 5.41) is 21.4. The molecule has 0 bridgehead atoms. The molecule has 8 nitrogen and oxygen atoms in total. The minimum atomic E-state index is -2.52. The average Bonchev–Trinajstić information content (AvgIpc) is 3.05. The number of aromatic nitrogens is 4. The van der Waals surface area contributed by atoms with E-state index in [9.17, 15) is 15.0 Å². The number of fused-ring (bicyclic) bond motifs is 1. The monoisotopic (exact) mass is 365 g/mol. The van der Waals surface area contributed by atoms with Gasteiger partial charge in [0, 0.05) is 0 Å². The van der Waals surface area contributed by atoms with E-state index in [1.807, 2.05) is 26.9 Å². The minimum Gasteiger partial charge on any atom is -0.432 e. The topological polar surface area (TPSA) is 130 Å². The first-order valence-corrected chi connectivity index (χ1v) is 11.7. The number of nitrogen functional groups attached to an aromatic ring is 1. The van der Waals surface area contributed by atoms with E-state index in [1.165, 1.54) is 0 Å². The molecule has 0 unspecified atom stereocenters. The molecule has 138 valence electrons. The van der Waals surface area contributed by atoms with Gasteiger partial charge in [-0.2, -0.15) is 4.98 Å². The normalized spacial score (nSPS) is 30.3. The largest absolute Gasteiger partial charge is 0.432 e. The van der Waals surface area contributed by atoms with Gasteiger partial charge < -0.3 is 25.3 Å². The van der Waals surface area contributed by atoms with Crippen LogP contribution in [-0.2, 0) is 0 Å². The molecule has 2 aromatic heterocycles. The number of rotatable bonds is 4. The highest BCUT2D eigenvalue weighted by atomic mass is 28.4. The fraction of sp³-hybridized carbons (Fsp3) is 0.688. The van der Waals surface area contributed by atoms with Gasteiger partial charge in [-0.05, 0) is 37.9 Å². The number of imidazole rings is 1. The van der Waals surface area contributed by atoms with Crippen molar-refractivity contribution in [3.63, 3.8) is 0 Å². The van der Waals surface area contributed by atoms with Crippen molar-refractivity contribution in [2.75, 3.05) is 12.3 Å². The Kier molecular flexibility index (Phi) is 4.39. The summed E-state index contributed by atoms with van der Waals surface area (Å²) in [5.74, 6) is -0.0374. The lowest BCUT2D eigenvalue weighted by molar-refractivity contribution is -0.0730. The Morgan fingerprint density at radius 2 is 2.08 bits per heavy atom. The number of aliphatic hydroxyl groups is 2. The number of hydrogen-bond donors (Lipinski definition) is 4. The molecular weight excluding hydrogens is 338 g/mol. The summed E-state index contributed by atoms with van der Waals surface area (Å²) in [7, 11) is -2.52. The van der Waals surface area contributed by atoms with Crippen molar-refractivity contribution in [1.29, 1.82) is 0 Å². The van der Waals surface area contributed by atoms with E-state index in [4.69, 9.17) is 5.73 Å². The van der Waals surface area contributed by atoms with E-state index in [-0.39, 0.29) is 24.0 Å². The molecule has 0 saturated heterocycles. The Labute approximate surface area is 147 Å². The van der Waals surface area contributed by atoms with E-state index in [2.05, 4.69) is 15.0 Å². The van der Waals surface area contributed by atoms with Crippen molar-refractivity contribution in [1.82, 2.24) is 19.5 Å². The van der Waals surface area contributed by atoms with Crippen LogP contribution in [0.3, 0.4) is 0 Å². The molecule has 4 atom stereocenters. The van der Waals surface area contributed by atoms with Crippen molar-refractivity contribution in [3.05, 3.63) is 12.0 Å². The van der Waals surface area contributed by atoms with E-state index >= 15 is 0 Å². The van der Waals surface area contributed by atoms with Crippen LogP contribution >= 0.6 is 0 Å². The van der Waals surface area contributed by atoms with E-state index in [1.54, 1.807) is 10.9 Å². The predicted octanol–water partition coefficient (Wildman–Crippen LogP) is 0.979. The smallest absolute Gasteiger partial charge is 0.222 e. The standard InChI is InChI=1S/C16H27N5O3Si/c1-5-10-11(25(3,4)24)6-12(16(10,23)7-22)21-8-18-13-9(2)19-15(17)20-14(13)21/h8,10-12,22-24H,5-7H2,1-4H3,(H2,17,19,20)/t10-,11+,12+,16+/m1/s1. The Morgan fingerprint density at radius 1 is 1.40 bits per heavy atom. The summed E-state index contributed by atoms with van der Waals surface area (Å²) in [6, 6.07) is -0.426. The Hall–Kier alpha value is -1.55. The van der Waals surface area contributed by atoms with E-state index in [0.29, 0.717) is 29.7 Å². The maximum absolute atomic E-state index is 11.4. The summed E-state index contributed by atoms with van der Waals surface area (Å²) in [6.45, 7) is 7.19. The van der Waals surface area contributed by atoms with Gasteiger partial charge >= 0.3 is 0 Å². The van der Waals surface area contributed by atoms with Gasteiger partial charge in [0.15, 0.2) is 14.0 Å². The molecule has 3 rings (SSSR count). The lowest BCUT2D eigenvalue weighted by atomic mass is 9.86. The Balaban J connectivity index is 2.16. The third kappa shape index (κ3) is 2.75. The first kappa shape index (κ1) is 18.2. The Bertz CT molecular complexity index is 790. The maximum atomic E-state index is 11.4. The number of hydrogen-bond acceptors (Lipinski definition) is 7. The summed E-state index contributed by atoms with van der Waals surface area (Å²) in [4.78, 5) is 23.6. The molecule has 0 radical (unpaired) electrons.